The van der Waals surface area contributed by atoms with E-state index in [4.69, 9.17) is 10.5 Å². The smallest absolute Gasteiger partial charge is 0.219 e. The number of aromatic nitrogens is 3. The number of carbonyl (C=O) groups excluding carboxylic acids is 2. The van der Waals surface area contributed by atoms with Crippen LogP contribution >= 0.6 is 0 Å². The Morgan fingerprint density at radius 3 is 2.50 bits per heavy atom. The van der Waals surface area contributed by atoms with Crippen LogP contribution in [0.3, 0.4) is 0 Å². The van der Waals surface area contributed by atoms with Crippen molar-refractivity contribution >= 4 is 33.3 Å². The highest BCUT2D eigenvalue weighted by Crippen LogP contribution is 2.32. The average Bonchev–Trinajstić information content (AvgIpc) is 3.59. The van der Waals surface area contributed by atoms with E-state index in [1.807, 2.05) is 13.8 Å². The topological polar surface area (TPSA) is 134 Å². The maximum atomic E-state index is 15.0. The van der Waals surface area contributed by atoms with E-state index in [0.717, 1.165) is 12.8 Å². The highest BCUT2D eigenvalue weighted by atomic mass is 32.2. The zero-order valence-corrected chi connectivity index (χ0v) is 26.5. The minimum Gasteiger partial charge on any atom is -0.436 e. The molecule has 2 aromatic heterocycles. The fourth-order valence-electron chi connectivity index (χ4n) is 5.50. The quantitative estimate of drug-likeness (QED) is 0.166. The van der Waals surface area contributed by atoms with Crippen LogP contribution in [0.5, 0.6) is 11.6 Å². The number of hydrogen-bond donors (Lipinski definition) is 1. The van der Waals surface area contributed by atoms with Gasteiger partial charge in [0.05, 0.1) is 29.4 Å². The van der Waals surface area contributed by atoms with Gasteiger partial charge in [0.15, 0.2) is 27.2 Å². The van der Waals surface area contributed by atoms with Gasteiger partial charge < -0.3 is 10.5 Å². The summed E-state index contributed by atoms with van der Waals surface area (Å²) < 4.78 is 61.5. The molecule has 0 fully saturated rings. The first kappa shape index (κ1) is 32.7. The molecule has 12 heteroatoms. The van der Waals surface area contributed by atoms with E-state index in [9.17, 15) is 22.4 Å². The Morgan fingerprint density at radius 1 is 1.07 bits per heavy atom. The van der Waals surface area contributed by atoms with Crippen molar-refractivity contribution in [3.63, 3.8) is 0 Å². The third-order valence-corrected chi connectivity index (χ3v) is 9.64. The van der Waals surface area contributed by atoms with Crippen LogP contribution in [0, 0.1) is 24.5 Å². The Morgan fingerprint density at radius 2 is 1.80 bits per heavy atom. The van der Waals surface area contributed by atoms with Crippen molar-refractivity contribution in [3.8, 4) is 17.3 Å². The highest BCUT2D eigenvalue weighted by molar-refractivity contribution is 7.91. The minimum absolute atomic E-state index is 0.0238. The maximum Gasteiger partial charge on any atom is 0.219 e. The van der Waals surface area contributed by atoms with Gasteiger partial charge in [0.2, 0.25) is 5.88 Å². The van der Waals surface area contributed by atoms with Crippen molar-refractivity contribution in [2.24, 2.45) is 5.92 Å². The van der Waals surface area contributed by atoms with Crippen LogP contribution in [-0.4, -0.2) is 40.5 Å². The number of benzene rings is 2. The van der Waals surface area contributed by atoms with Gasteiger partial charge >= 0.3 is 0 Å². The molecular formula is C34H34F2N4O5S. The Labute approximate surface area is 266 Å². The van der Waals surface area contributed by atoms with E-state index < -0.39 is 38.8 Å². The number of anilines is 1. The molecule has 4 aromatic rings. The number of hydrogen-bond acceptors (Lipinski definition) is 8. The summed E-state index contributed by atoms with van der Waals surface area (Å²) in [5, 5.41) is 4.29. The van der Waals surface area contributed by atoms with Crippen LogP contribution in [0.4, 0.5) is 14.6 Å². The van der Waals surface area contributed by atoms with Crippen LogP contribution in [0.25, 0.3) is 11.8 Å². The minimum atomic E-state index is -3.89. The van der Waals surface area contributed by atoms with Gasteiger partial charge in [-0.05, 0) is 53.8 Å². The SMILES string of the molecule is CCC(CC)CC(=O)CS(=O)(=O)Cc1cc2c(cc1F)C=C(C(=O)c1cnn(-c3cnc(Oc4ccccc4F)cc3C)c1N)C2. The van der Waals surface area contributed by atoms with E-state index >= 15 is 4.39 Å². The summed E-state index contributed by atoms with van der Waals surface area (Å²) >= 11 is 0. The van der Waals surface area contributed by atoms with Crippen molar-refractivity contribution in [3.05, 3.63) is 99.9 Å². The number of nitrogens with two attached hydrogens (primary N) is 1. The molecular weight excluding hydrogens is 614 g/mol. The van der Waals surface area contributed by atoms with Crippen LogP contribution in [-0.2, 0) is 26.8 Å². The number of nitrogen functional groups attached to an aromatic ring is 1. The first-order valence-electron chi connectivity index (χ1n) is 14.9. The number of carbonyl (C=O) groups is 2. The maximum absolute atomic E-state index is 15.0. The molecule has 1 aliphatic carbocycles. The van der Waals surface area contributed by atoms with Gasteiger partial charge in [-0.15, -0.1) is 0 Å². The summed E-state index contributed by atoms with van der Waals surface area (Å²) in [6.07, 6.45) is 6.21. The number of sulfone groups is 1. The number of halogens is 2. The molecule has 0 aliphatic heterocycles. The lowest BCUT2D eigenvalue weighted by Gasteiger charge is -2.12. The van der Waals surface area contributed by atoms with Gasteiger partial charge in [0.25, 0.3) is 0 Å². The molecule has 240 valence electrons. The number of nitrogens with zero attached hydrogens (tertiary/aromatic N) is 3. The summed E-state index contributed by atoms with van der Waals surface area (Å²) in [7, 11) is -3.89. The first-order valence-corrected chi connectivity index (χ1v) is 16.7. The largest absolute Gasteiger partial charge is 0.436 e. The summed E-state index contributed by atoms with van der Waals surface area (Å²) in [5.74, 6) is -2.92. The lowest BCUT2D eigenvalue weighted by atomic mass is 9.98. The number of pyridine rings is 1. The van der Waals surface area contributed by atoms with Gasteiger partial charge in [0.1, 0.15) is 23.2 Å². The summed E-state index contributed by atoms with van der Waals surface area (Å²) in [5.41, 5.74) is 8.96. The predicted octanol–water partition coefficient (Wildman–Crippen LogP) is 6.36. The lowest BCUT2D eigenvalue weighted by molar-refractivity contribution is -0.117. The van der Waals surface area contributed by atoms with E-state index in [1.165, 1.54) is 41.3 Å². The van der Waals surface area contributed by atoms with Crippen LogP contribution in [0.1, 0.15) is 65.7 Å². The standard InChI is InChI=1S/C34H34F2N4O5S/c1-4-21(5-2)11-26(41)19-46(43,44)18-25-14-22-12-24(13-23(22)15-29(25)36)33(42)27-16-39-40(34(27)37)30-17-38-32(10-20(30)3)45-31-9-7-6-8-28(31)35/h6-10,13-17,21H,4-5,11-12,18-19,37H2,1-3H3. The summed E-state index contributed by atoms with van der Waals surface area (Å²) in [6, 6.07) is 10.2. The number of ketones is 2. The monoisotopic (exact) mass is 648 g/mol. The Balaban J connectivity index is 1.29. The molecule has 2 aromatic carbocycles. The second-order valence-electron chi connectivity index (χ2n) is 11.5. The Kier molecular flexibility index (Phi) is 9.47. The number of fused-ring (bicyclic) bond motifs is 1. The zero-order chi connectivity index (χ0) is 33.2. The molecule has 9 nitrogen and oxygen atoms in total. The average molecular weight is 649 g/mol. The van der Waals surface area contributed by atoms with Crippen molar-refractivity contribution in [1.82, 2.24) is 14.8 Å². The third-order valence-electron chi connectivity index (χ3n) is 8.13. The first-order chi connectivity index (χ1) is 21.9. The molecule has 0 saturated carbocycles. The molecule has 0 amide bonds. The summed E-state index contributed by atoms with van der Waals surface area (Å²) in [6.45, 7) is 5.67. The van der Waals surface area contributed by atoms with Crippen molar-refractivity contribution in [2.45, 2.75) is 52.2 Å². The van der Waals surface area contributed by atoms with Crippen molar-refractivity contribution < 1.29 is 31.5 Å². The van der Waals surface area contributed by atoms with Crippen molar-refractivity contribution in [1.29, 1.82) is 0 Å². The Bertz CT molecular complexity index is 1970. The third kappa shape index (κ3) is 7.07. The van der Waals surface area contributed by atoms with E-state index in [2.05, 4.69) is 10.1 Å². The number of aryl methyl sites for hydroxylation is 1. The molecule has 2 N–H and O–H groups in total. The molecule has 2 heterocycles. The van der Waals surface area contributed by atoms with Crippen molar-refractivity contribution in [2.75, 3.05) is 11.5 Å². The molecule has 0 spiro atoms. The molecule has 5 rings (SSSR count). The van der Waals surface area contributed by atoms with E-state index in [0.29, 0.717) is 28.0 Å². The zero-order valence-electron chi connectivity index (χ0n) is 25.7. The number of Topliss-reactive ketones (excluding diaryl/α,β-unsaturated/α-hetero) is 2. The highest BCUT2D eigenvalue weighted by Gasteiger charge is 2.27. The molecule has 46 heavy (non-hydrogen) atoms. The van der Waals surface area contributed by atoms with E-state index in [1.54, 1.807) is 31.2 Å². The van der Waals surface area contributed by atoms with Gasteiger partial charge in [-0.3, -0.25) is 9.59 Å². The van der Waals surface area contributed by atoms with Gasteiger partial charge in [-0.2, -0.15) is 5.10 Å². The predicted molar refractivity (Wildman–Crippen MR) is 171 cm³/mol. The molecule has 0 unspecified atom stereocenters. The fraction of sp³-hybridized carbons (Fsp3) is 0.294. The van der Waals surface area contributed by atoms with Gasteiger partial charge in [-0.25, -0.2) is 26.9 Å². The molecule has 0 radical (unpaired) electrons. The van der Waals surface area contributed by atoms with Gasteiger partial charge in [-0.1, -0.05) is 44.9 Å². The van der Waals surface area contributed by atoms with Crippen LogP contribution in [0.15, 0.2) is 60.4 Å². The van der Waals surface area contributed by atoms with Gasteiger partial charge in [0, 0.05) is 30.0 Å². The molecule has 0 saturated heterocycles. The number of ether oxygens (including phenoxy) is 1. The molecule has 0 bridgehead atoms. The van der Waals surface area contributed by atoms with Crippen LogP contribution < -0.4 is 10.5 Å². The second-order valence-corrected chi connectivity index (χ2v) is 13.5. The lowest BCUT2D eigenvalue weighted by Crippen LogP contribution is -2.20. The number of para-hydroxylation sites is 1. The fourth-order valence-corrected chi connectivity index (χ4v) is 6.91. The van der Waals surface area contributed by atoms with E-state index in [-0.39, 0.29) is 53.1 Å². The summed E-state index contributed by atoms with van der Waals surface area (Å²) in [4.78, 5) is 30.1. The Hall–Kier alpha value is -4.71. The molecule has 1 aliphatic rings. The van der Waals surface area contributed by atoms with Crippen LogP contribution in [0.2, 0.25) is 0 Å². The number of allylic oxidation sites excluding steroid dienone is 1. The second kappa shape index (κ2) is 13.3. The molecule has 0 atom stereocenters. The normalized spacial score (nSPS) is 12.7. The number of rotatable bonds is 13.